The lowest BCUT2D eigenvalue weighted by Gasteiger charge is -2.24. The van der Waals surface area contributed by atoms with Crippen molar-refractivity contribution in [1.29, 1.82) is 0 Å². The highest BCUT2D eigenvalue weighted by Crippen LogP contribution is 2.33. The Balaban J connectivity index is 1.42. The van der Waals surface area contributed by atoms with E-state index in [4.69, 9.17) is 9.40 Å². The zero-order chi connectivity index (χ0) is 21.9. The normalized spacial score (nSPS) is 15.1. The molecule has 1 unspecified atom stereocenters. The fraction of sp³-hybridized carbons (Fsp3) is 0.360. The van der Waals surface area contributed by atoms with Crippen molar-refractivity contribution in [3.63, 3.8) is 0 Å². The average Bonchev–Trinajstić information content (AvgIpc) is 3.36. The van der Waals surface area contributed by atoms with Crippen LogP contribution >= 0.6 is 11.3 Å². The Morgan fingerprint density at radius 2 is 1.94 bits per heavy atom. The highest BCUT2D eigenvalue weighted by Gasteiger charge is 2.21. The minimum absolute atomic E-state index is 0.0500. The van der Waals surface area contributed by atoms with Crippen LogP contribution in [0.15, 0.2) is 57.9 Å². The highest BCUT2D eigenvalue weighted by molar-refractivity contribution is 7.18. The number of H-pyrrole nitrogens is 1. The third-order valence-electron chi connectivity index (χ3n) is 6.07. The number of aliphatic hydroxyl groups is 1. The van der Waals surface area contributed by atoms with E-state index < -0.39 is 6.10 Å². The van der Waals surface area contributed by atoms with E-state index in [1.165, 1.54) is 23.3 Å². The number of aromatic nitrogens is 2. The van der Waals surface area contributed by atoms with Crippen molar-refractivity contribution in [2.75, 3.05) is 6.54 Å². The second-order valence-electron chi connectivity index (χ2n) is 8.43. The number of hydrogen-bond acceptors (Lipinski definition) is 6. The number of nitrogens with one attached hydrogen (secondary N) is 1. The van der Waals surface area contributed by atoms with Crippen LogP contribution < -0.4 is 5.56 Å². The summed E-state index contributed by atoms with van der Waals surface area (Å²) in [5.74, 6) is 1.42. The van der Waals surface area contributed by atoms with Crippen molar-refractivity contribution in [2.24, 2.45) is 0 Å². The summed E-state index contributed by atoms with van der Waals surface area (Å²) in [6, 6.07) is 13.4. The summed E-state index contributed by atoms with van der Waals surface area (Å²) >= 11 is 1.67. The van der Waals surface area contributed by atoms with E-state index in [9.17, 15) is 9.90 Å². The number of hydrogen-bond donors (Lipinski definition) is 2. The Labute approximate surface area is 190 Å². The topological polar surface area (TPSA) is 82.4 Å². The summed E-state index contributed by atoms with van der Waals surface area (Å²) in [5, 5.41) is 11.6. The van der Waals surface area contributed by atoms with Crippen molar-refractivity contribution in [2.45, 2.75) is 51.3 Å². The quantitative estimate of drug-likeness (QED) is 0.404. The van der Waals surface area contributed by atoms with Gasteiger partial charge in [0.05, 0.1) is 30.8 Å². The molecule has 32 heavy (non-hydrogen) atoms. The van der Waals surface area contributed by atoms with Gasteiger partial charge in [0.1, 0.15) is 16.4 Å². The van der Waals surface area contributed by atoms with E-state index in [1.807, 2.05) is 42.5 Å². The molecule has 1 atom stereocenters. The van der Waals surface area contributed by atoms with Crippen LogP contribution in [0.4, 0.5) is 0 Å². The van der Waals surface area contributed by atoms with Gasteiger partial charge < -0.3 is 14.5 Å². The molecule has 0 fully saturated rings. The first kappa shape index (κ1) is 21.1. The Kier molecular flexibility index (Phi) is 6.21. The van der Waals surface area contributed by atoms with E-state index in [1.54, 1.807) is 17.6 Å². The summed E-state index contributed by atoms with van der Waals surface area (Å²) < 4.78 is 5.54. The number of aromatic amines is 1. The molecule has 3 heterocycles. The van der Waals surface area contributed by atoms with Gasteiger partial charge in [-0.25, -0.2) is 4.98 Å². The predicted octanol–water partition coefficient (Wildman–Crippen LogP) is 4.58. The fourth-order valence-electron chi connectivity index (χ4n) is 4.51. The highest BCUT2D eigenvalue weighted by atomic mass is 32.1. The lowest BCUT2D eigenvalue weighted by molar-refractivity contribution is 0.0989. The molecule has 0 aliphatic heterocycles. The molecule has 2 N–H and O–H groups in total. The van der Waals surface area contributed by atoms with E-state index >= 15 is 0 Å². The van der Waals surface area contributed by atoms with Crippen LogP contribution in [0.2, 0.25) is 0 Å². The van der Waals surface area contributed by atoms with Gasteiger partial charge in [0.2, 0.25) is 0 Å². The fourth-order valence-corrected chi connectivity index (χ4v) is 5.79. The molecule has 0 spiro atoms. The number of fused-ring (bicyclic) bond motifs is 3. The minimum atomic E-state index is -0.653. The van der Waals surface area contributed by atoms with Gasteiger partial charge in [-0.2, -0.15) is 0 Å². The van der Waals surface area contributed by atoms with E-state index in [2.05, 4.69) is 9.88 Å². The van der Waals surface area contributed by atoms with Gasteiger partial charge in [-0.3, -0.25) is 9.69 Å². The van der Waals surface area contributed by atoms with Crippen LogP contribution in [-0.4, -0.2) is 26.5 Å². The molecule has 0 saturated heterocycles. The van der Waals surface area contributed by atoms with E-state index in [0.29, 0.717) is 25.5 Å². The summed E-state index contributed by atoms with van der Waals surface area (Å²) in [4.78, 5) is 25.1. The van der Waals surface area contributed by atoms with Crippen molar-refractivity contribution in [3.05, 3.63) is 86.7 Å². The lowest BCUT2D eigenvalue weighted by atomic mass is 10.1. The van der Waals surface area contributed by atoms with Gasteiger partial charge >= 0.3 is 0 Å². The predicted molar refractivity (Wildman–Crippen MR) is 126 cm³/mol. The summed E-state index contributed by atoms with van der Waals surface area (Å²) in [5.41, 5.74) is 2.01. The van der Waals surface area contributed by atoms with Crippen LogP contribution in [0.5, 0.6) is 0 Å². The largest absolute Gasteiger partial charge is 0.468 e. The maximum atomic E-state index is 13.0. The van der Waals surface area contributed by atoms with Gasteiger partial charge in [-0.1, -0.05) is 36.8 Å². The Morgan fingerprint density at radius 1 is 1.09 bits per heavy atom. The third-order valence-corrected chi connectivity index (χ3v) is 7.26. The number of furan rings is 1. The lowest BCUT2D eigenvalue weighted by Crippen LogP contribution is -2.29. The third kappa shape index (κ3) is 4.55. The maximum Gasteiger partial charge on any atom is 0.259 e. The molecule has 5 rings (SSSR count). The van der Waals surface area contributed by atoms with Crippen molar-refractivity contribution < 1.29 is 9.52 Å². The molecule has 1 aliphatic rings. The van der Waals surface area contributed by atoms with Crippen LogP contribution in [0, 0.1) is 0 Å². The molecule has 1 aliphatic carbocycles. The Morgan fingerprint density at radius 3 is 2.75 bits per heavy atom. The maximum absolute atomic E-state index is 13.0. The van der Waals surface area contributed by atoms with Crippen LogP contribution in [0.3, 0.4) is 0 Å². The number of aliphatic hydroxyl groups excluding tert-OH is 1. The van der Waals surface area contributed by atoms with Crippen LogP contribution in [0.25, 0.3) is 10.2 Å². The molecular formula is C25H27N3O3S. The molecule has 0 radical (unpaired) electrons. The molecule has 0 amide bonds. The van der Waals surface area contributed by atoms with Crippen LogP contribution in [0.1, 0.15) is 53.0 Å². The van der Waals surface area contributed by atoms with E-state index in [-0.39, 0.29) is 5.56 Å². The summed E-state index contributed by atoms with van der Waals surface area (Å²) in [7, 11) is 0. The zero-order valence-corrected chi connectivity index (χ0v) is 18.7. The van der Waals surface area contributed by atoms with Crippen LogP contribution in [-0.2, 0) is 25.9 Å². The summed E-state index contributed by atoms with van der Waals surface area (Å²) in [6.07, 6.45) is 6.53. The number of benzene rings is 1. The molecule has 4 aromatic rings. The summed E-state index contributed by atoms with van der Waals surface area (Å²) in [6.45, 7) is 1.32. The molecule has 3 aromatic heterocycles. The van der Waals surface area contributed by atoms with Gasteiger partial charge in [0, 0.05) is 11.4 Å². The first-order valence-electron chi connectivity index (χ1n) is 11.2. The molecule has 6 nitrogen and oxygen atoms in total. The molecular weight excluding hydrogens is 422 g/mol. The second kappa shape index (κ2) is 9.40. The average molecular weight is 450 g/mol. The molecule has 0 bridgehead atoms. The molecule has 0 saturated carbocycles. The SMILES string of the molecule is O=c1[nH]c(CN(Cc2ccco2)CC(O)c2ccccc2)nc2sc3c(c12)CCCCC3. The van der Waals surface area contributed by atoms with Crippen molar-refractivity contribution in [3.8, 4) is 0 Å². The molecule has 7 heteroatoms. The number of aryl methyl sites for hydroxylation is 2. The first-order valence-corrected chi connectivity index (χ1v) is 12.0. The van der Waals surface area contributed by atoms with Crippen molar-refractivity contribution >= 4 is 21.6 Å². The van der Waals surface area contributed by atoms with Gasteiger partial charge in [0.15, 0.2) is 0 Å². The van der Waals surface area contributed by atoms with Gasteiger partial charge in [-0.15, -0.1) is 11.3 Å². The standard InChI is InChI=1S/C25H27N3O3S/c29-20(17-8-3-1-4-9-17)15-28(14-18-10-7-13-31-18)16-22-26-24(30)23-19-11-5-2-6-12-21(19)32-25(23)27-22/h1,3-4,7-10,13,20,29H,2,5-6,11-12,14-16H2,(H,26,27,30). The Bertz CT molecular complexity index is 1230. The second-order valence-corrected chi connectivity index (χ2v) is 9.52. The zero-order valence-electron chi connectivity index (χ0n) is 17.9. The minimum Gasteiger partial charge on any atom is -0.468 e. The Hall–Kier alpha value is -2.74. The number of thiophene rings is 1. The van der Waals surface area contributed by atoms with Gasteiger partial charge in [0.25, 0.3) is 5.56 Å². The van der Waals surface area contributed by atoms with Crippen molar-refractivity contribution in [1.82, 2.24) is 14.9 Å². The van der Waals surface area contributed by atoms with Gasteiger partial charge in [-0.05, 0) is 48.9 Å². The van der Waals surface area contributed by atoms with E-state index in [0.717, 1.165) is 40.8 Å². The monoisotopic (exact) mass is 449 g/mol. The number of nitrogens with zero attached hydrogens (tertiary/aromatic N) is 2. The first-order chi connectivity index (χ1) is 15.7. The molecule has 166 valence electrons. The molecule has 1 aromatic carbocycles. The number of rotatable bonds is 7. The smallest absolute Gasteiger partial charge is 0.259 e.